The maximum Gasteiger partial charge on any atom is 0.225 e. The van der Waals surface area contributed by atoms with Crippen LogP contribution < -0.4 is 4.74 Å². The van der Waals surface area contributed by atoms with E-state index in [-0.39, 0.29) is 5.60 Å². The summed E-state index contributed by atoms with van der Waals surface area (Å²) in [5, 5.41) is 1.18. The van der Waals surface area contributed by atoms with Crippen LogP contribution in [0.2, 0.25) is 0 Å². The second-order valence-corrected chi connectivity index (χ2v) is 9.52. The first-order chi connectivity index (χ1) is 15.1. The molecule has 4 nitrogen and oxygen atoms in total. The zero-order chi connectivity index (χ0) is 21.0. The second-order valence-electron chi connectivity index (χ2n) is 9.52. The molecule has 1 aliphatic carbocycles. The molecular formula is C27H28N2O2. The van der Waals surface area contributed by atoms with Gasteiger partial charge >= 0.3 is 0 Å². The molecule has 1 saturated carbocycles. The fourth-order valence-electron chi connectivity index (χ4n) is 5.37. The van der Waals surface area contributed by atoms with Crippen LogP contribution in [-0.2, 0) is 11.2 Å². The monoisotopic (exact) mass is 412 g/mol. The van der Waals surface area contributed by atoms with E-state index < -0.39 is 0 Å². The molecule has 1 spiro atoms. The molecule has 4 heteroatoms. The Hall–Kier alpha value is -2.88. The van der Waals surface area contributed by atoms with Gasteiger partial charge in [-0.25, -0.2) is 0 Å². The number of nitrogens with zero attached hydrogens (tertiary/aromatic N) is 2. The van der Waals surface area contributed by atoms with Gasteiger partial charge < -0.3 is 9.64 Å². The van der Waals surface area contributed by atoms with E-state index in [1.807, 2.05) is 12.3 Å². The van der Waals surface area contributed by atoms with Crippen LogP contribution in [0.3, 0.4) is 0 Å². The molecule has 2 aliphatic heterocycles. The molecule has 3 aromatic rings. The third-order valence-electron chi connectivity index (χ3n) is 7.49. The molecule has 0 atom stereocenters. The standard InChI is InChI=1S/C27H28N2O2/c1-18-23(8-6-19-3-2-14-28-25(18)19)21-7-9-24-22(17-21)10-11-27(31-24)12-15-29(16-13-27)26(30)20-4-5-20/h2-3,6-9,14,17,20H,4-5,10-13,15-16H2,1H3. The number of likely N-dealkylation sites (tertiary alicyclic amines) is 1. The van der Waals surface area contributed by atoms with Crippen LogP contribution in [0.5, 0.6) is 5.75 Å². The zero-order valence-electron chi connectivity index (χ0n) is 18.1. The molecule has 3 aliphatic rings. The normalized spacial score (nSPS) is 19.8. The Labute approximate surface area is 183 Å². The summed E-state index contributed by atoms with van der Waals surface area (Å²) in [7, 11) is 0. The minimum atomic E-state index is -0.0996. The lowest BCUT2D eigenvalue weighted by Gasteiger charge is -2.44. The van der Waals surface area contributed by atoms with Crippen LogP contribution in [0.4, 0.5) is 0 Å². The van der Waals surface area contributed by atoms with Crippen molar-refractivity contribution in [2.24, 2.45) is 5.92 Å². The van der Waals surface area contributed by atoms with Crippen LogP contribution in [0, 0.1) is 12.8 Å². The Bertz CT molecular complexity index is 1170. The van der Waals surface area contributed by atoms with Gasteiger partial charge in [-0.3, -0.25) is 9.78 Å². The molecule has 2 fully saturated rings. The lowest BCUT2D eigenvalue weighted by atomic mass is 9.82. The number of piperidine rings is 1. The van der Waals surface area contributed by atoms with Gasteiger partial charge in [-0.1, -0.05) is 24.3 Å². The van der Waals surface area contributed by atoms with Gasteiger partial charge in [0.1, 0.15) is 11.4 Å². The van der Waals surface area contributed by atoms with Gasteiger partial charge in [-0.05, 0) is 73.1 Å². The van der Waals surface area contributed by atoms with E-state index in [2.05, 4.69) is 53.2 Å². The van der Waals surface area contributed by atoms with Gasteiger partial charge in [-0.15, -0.1) is 0 Å². The van der Waals surface area contributed by atoms with E-state index in [1.54, 1.807) is 0 Å². The van der Waals surface area contributed by atoms with Gasteiger partial charge in [0.15, 0.2) is 0 Å². The van der Waals surface area contributed by atoms with Gasteiger partial charge in [-0.2, -0.15) is 0 Å². The van der Waals surface area contributed by atoms with Crippen molar-refractivity contribution < 1.29 is 9.53 Å². The summed E-state index contributed by atoms with van der Waals surface area (Å²) in [5.41, 5.74) is 5.95. The number of ether oxygens (including phenoxy) is 1. The van der Waals surface area contributed by atoms with Crippen molar-refractivity contribution >= 4 is 16.8 Å². The molecule has 1 saturated heterocycles. The summed E-state index contributed by atoms with van der Waals surface area (Å²) < 4.78 is 6.61. The zero-order valence-corrected chi connectivity index (χ0v) is 18.1. The highest BCUT2D eigenvalue weighted by Crippen LogP contribution is 2.42. The number of amides is 1. The third-order valence-corrected chi connectivity index (χ3v) is 7.49. The van der Waals surface area contributed by atoms with Crippen LogP contribution in [0.15, 0.2) is 48.7 Å². The average Bonchev–Trinajstić information content (AvgIpc) is 3.65. The first kappa shape index (κ1) is 18.9. The van der Waals surface area contributed by atoms with E-state index in [0.717, 1.165) is 62.9 Å². The van der Waals surface area contributed by atoms with E-state index in [1.165, 1.54) is 27.6 Å². The van der Waals surface area contributed by atoms with Gasteiger partial charge in [0.05, 0.1) is 5.52 Å². The van der Waals surface area contributed by atoms with Gasteiger partial charge in [0.2, 0.25) is 5.91 Å². The predicted molar refractivity (Wildman–Crippen MR) is 122 cm³/mol. The molecule has 31 heavy (non-hydrogen) atoms. The number of fused-ring (bicyclic) bond motifs is 2. The highest BCUT2D eigenvalue weighted by atomic mass is 16.5. The fourth-order valence-corrected chi connectivity index (χ4v) is 5.37. The van der Waals surface area contributed by atoms with Crippen LogP contribution in [-0.4, -0.2) is 34.5 Å². The maximum atomic E-state index is 12.4. The summed E-state index contributed by atoms with van der Waals surface area (Å²) in [6.07, 6.45) is 7.99. The van der Waals surface area contributed by atoms with Crippen molar-refractivity contribution in [1.29, 1.82) is 0 Å². The number of aryl methyl sites for hydroxylation is 2. The lowest BCUT2D eigenvalue weighted by Crippen LogP contribution is -2.51. The topological polar surface area (TPSA) is 42.4 Å². The molecule has 0 bridgehead atoms. The third kappa shape index (κ3) is 3.29. The summed E-state index contributed by atoms with van der Waals surface area (Å²) in [6.45, 7) is 3.84. The van der Waals surface area contributed by atoms with Crippen molar-refractivity contribution in [2.75, 3.05) is 13.1 Å². The minimum Gasteiger partial charge on any atom is -0.487 e. The summed E-state index contributed by atoms with van der Waals surface area (Å²) in [5.74, 6) is 1.71. The molecule has 0 N–H and O–H groups in total. The minimum absolute atomic E-state index is 0.0996. The number of pyridine rings is 1. The molecule has 1 amide bonds. The number of benzene rings is 2. The van der Waals surface area contributed by atoms with Crippen molar-refractivity contribution in [3.05, 3.63) is 59.8 Å². The van der Waals surface area contributed by atoms with Crippen molar-refractivity contribution in [3.63, 3.8) is 0 Å². The number of carbonyl (C=O) groups is 1. The largest absolute Gasteiger partial charge is 0.487 e. The van der Waals surface area contributed by atoms with Gasteiger partial charge in [0.25, 0.3) is 0 Å². The summed E-state index contributed by atoms with van der Waals surface area (Å²) in [6, 6.07) is 15.1. The number of hydrogen-bond acceptors (Lipinski definition) is 3. The number of carbonyl (C=O) groups excluding carboxylic acids is 1. The molecule has 1 aromatic heterocycles. The van der Waals surface area contributed by atoms with Crippen molar-refractivity contribution in [2.45, 2.75) is 51.0 Å². The molecule has 0 radical (unpaired) electrons. The van der Waals surface area contributed by atoms with Crippen LogP contribution >= 0.6 is 0 Å². The second kappa shape index (κ2) is 7.08. The van der Waals surface area contributed by atoms with Crippen LogP contribution in [0.25, 0.3) is 22.0 Å². The average molecular weight is 413 g/mol. The van der Waals surface area contributed by atoms with E-state index >= 15 is 0 Å². The van der Waals surface area contributed by atoms with E-state index in [0.29, 0.717) is 11.8 Å². The lowest BCUT2D eigenvalue weighted by molar-refractivity contribution is -0.136. The first-order valence-corrected chi connectivity index (χ1v) is 11.6. The SMILES string of the molecule is Cc1c(-c2ccc3c(c2)CCC2(CCN(C(=O)C4CC4)CC2)O3)ccc2cccnc12. The number of rotatable bonds is 2. The number of aromatic nitrogens is 1. The Kier molecular flexibility index (Phi) is 4.31. The molecule has 0 unspecified atom stereocenters. The molecule has 158 valence electrons. The Balaban J connectivity index is 1.23. The van der Waals surface area contributed by atoms with E-state index in [9.17, 15) is 4.79 Å². The first-order valence-electron chi connectivity index (χ1n) is 11.6. The Morgan fingerprint density at radius 1 is 1.10 bits per heavy atom. The molecule has 3 heterocycles. The molecular weight excluding hydrogens is 384 g/mol. The Morgan fingerprint density at radius 3 is 2.74 bits per heavy atom. The van der Waals surface area contributed by atoms with Gasteiger partial charge in [0, 0.05) is 43.4 Å². The molecule has 2 aromatic carbocycles. The summed E-state index contributed by atoms with van der Waals surface area (Å²) in [4.78, 5) is 19.1. The number of hydrogen-bond donors (Lipinski definition) is 0. The maximum absolute atomic E-state index is 12.4. The van der Waals surface area contributed by atoms with Crippen LogP contribution in [0.1, 0.15) is 43.2 Å². The smallest absolute Gasteiger partial charge is 0.225 e. The fraction of sp³-hybridized carbons (Fsp3) is 0.407. The quantitative estimate of drug-likeness (QED) is 0.573. The van der Waals surface area contributed by atoms with Crippen molar-refractivity contribution in [1.82, 2.24) is 9.88 Å². The summed E-state index contributed by atoms with van der Waals surface area (Å²) >= 11 is 0. The highest BCUT2D eigenvalue weighted by Gasteiger charge is 2.42. The predicted octanol–water partition coefficient (Wildman–Crippen LogP) is 5.31. The molecule has 6 rings (SSSR count). The Morgan fingerprint density at radius 2 is 1.94 bits per heavy atom. The highest BCUT2D eigenvalue weighted by molar-refractivity contribution is 5.88. The van der Waals surface area contributed by atoms with Crippen molar-refractivity contribution in [3.8, 4) is 16.9 Å². The van der Waals surface area contributed by atoms with E-state index in [4.69, 9.17) is 4.74 Å².